The third-order valence-corrected chi connectivity index (χ3v) is 6.15. The Morgan fingerprint density at radius 1 is 0.917 bits per heavy atom. The van der Waals surface area contributed by atoms with Gasteiger partial charge in [-0.3, -0.25) is 9.59 Å². The van der Waals surface area contributed by atoms with Gasteiger partial charge in [-0.25, -0.2) is 4.39 Å². The molecular formula is C29H25FN2O3S. The fourth-order valence-electron chi connectivity index (χ4n) is 3.30. The lowest BCUT2D eigenvalue weighted by Gasteiger charge is -2.12. The first-order valence-corrected chi connectivity index (χ1v) is 12.2. The largest absolute Gasteiger partial charge is 0.489 e. The van der Waals surface area contributed by atoms with Crippen molar-refractivity contribution in [2.24, 2.45) is 0 Å². The van der Waals surface area contributed by atoms with Crippen molar-refractivity contribution in [3.05, 3.63) is 129 Å². The van der Waals surface area contributed by atoms with Crippen LogP contribution in [0.3, 0.4) is 0 Å². The Balaban J connectivity index is 1.36. The quantitative estimate of drug-likeness (QED) is 0.283. The van der Waals surface area contributed by atoms with Crippen LogP contribution in [0.4, 0.5) is 4.39 Å². The summed E-state index contributed by atoms with van der Waals surface area (Å²) in [6.07, 6.45) is 1.67. The summed E-state index contributed by atoms with van der Waals surface area (Å²) in [4.78, 5) is 26.6. The van der Waals surface area contributed by atoms with E-state index in [1.54, 1.807) is 30.3 Å². The summed E-state index contributed by atoms with van der Waals surface area (Å²) in [5, 5.41) is 7.52. The molecule has 0 fully saturated rings. The number of nitrogens with one attached hydrogen (secondary N) is 2. The maximum absolute atomic E-state index is 13.0. The summed E-state index contributed by atoms with van der Waals surface area (Å²) in [6.45, 7) is 2.55. The molecule has 0 saturated carbocycles. The summed E-state index contributed by atoms with van der Waals surface area (Å²) in [7, 11) is 0. The van der Waals surface area contributed by atoms with Crippen molar-refractivity contribution in [2.45, 2.75) is 20.1 Å². The molecule has 4 aromatic rings. The fourth-order valence-corrected chi connectivity index (χ4v) is 3.96. The minimum Gasteiger partial charge on any atom is -0.489 e. The number of benzene rings is 3. The zero-order valence-electron chi connectivity index (χ0n) is 19.7. The number of aryl methyl sites for hydroxylation is 1. The summed E-state index contributed by atoms with van der Waals surface area (Å²) >= 11 is 1.47. The topological polar surface area (TPSA) is 67.4 Å². The molecule has 182 valence electrons. The maximum Gasteiger partial charge on any atom is 0.268 e. The number of carbonyl (C=O) groups is 2. The highest BCUT2D eigenvalue weighted by Gasteiger charge is 2.15. The number of hydrogen-bond acceptors (Lipinski definition) is 4. The molecule has 0 saturated heterocycles. The number of rotatable bonds is 9. The van der Waals surface area contributed by atoms with Gasteiger partial charge in [0.15, 0.2) is 0 Å². The predicted octanol–water partition coefficient (Wildman–Crippen LogP) is 5.86. The SMILES string of the molecule is Cc1ccc(C(=O)N/C(=C\c2cccs2)C(=O)NCc2ccc(OCc3ccc(F)cc3)cc2)cc1. The molecule has 0 spiro atoms. The van der Waals surface area contributed by atoms with Crippen LogP contribution < -0.4 is 15.4 Å². The van der Waals surface area contributed by atoms with Crippen molar-refractivity contribution >= 4 is 29.2 Å². The van der Waals surface area contributed by atoms with Crippen LogP contribution in [-0.4, -0.2) is 11.8 Å². The van der Waals surface area contributed by atoms with Gasteiger partial charge in [0.1, 0.15) is 23.9 Å². The zero-order chi connectivity index (χ0) is 25.3. The summed E-state index contributed by atoms with van der Waals surface area (Å²) < 4.78 is 18.8. The minimum absolute atomic E-state index is 0.169. The lowest BCUT2D eigenvalue weighted by molar-refractivity contribution is -0.117. The van der Waals surface area contributed by atoms with E-state index in [2.05, 4.69) is 10.6 Å². The predicted molar refractivity (Wildman–Crippen MR) is 140 cm³/mol. The van der Waals surface area contributed by atoms with Crippen LogP contribution in [0, 0.1) is 12.7 Å². The second kappa shape index (κ2) is 12.0. The molecule has 7 heteroatoms. The first kappa shape index (κ1) is 24.9. The van der Waals surface area contributed by atoms with E-state index >= 15 is 0 Å². The number of carbonyl (C=O) groups excluding carboxylic acids is 2. The molecule has 0 aliphatic carbocycles. The van der Waals surface area contributed by atoms with Gasteiger partial charge < -0.3 is 15.4 Å². The maximum atomic E-state index is 13.0. The van der Waals surface area contributed by atoms with E-state index in [0.717, 1.165) is 21.6 Å². The molecule has 2 amide bonds. The normalized spacial score (nSPS) is 11.1. The van der Waals surface area contributed by atoms with E-state index in [1.807, 2.05) is 60.8 Å². The monoisotopic (exact) mass is 500 g/mol. The average Bonchev–Trinajstić information content (AvgIpc) is 3.41. The Labute approximate surface area is 213 Å². The van der Waals surface area contributed by atoms with Gasteiger partial charge in [0.05, 0.1) is 0 Å². The molecule has 36 heavy (non-hydrogen) atoms. The summed E-state index contributed by atoms with van der Waals surface area (Å²) in [5.74, 6) is -0.359. The number of halogens is 1. The molecule has 0 unspecified atom stereocenters. The van der Waals surface area contributed by atoms with Crippen LogP contribution in [-0.2, 0) is 17.9 Å². The Morgan fingerprint density at radius 3 is 2.28 bits per heavy atom. The van der Waals surface area contributed by atoms with Crippen molar-refractivity contribution in [1.82, 2.24) is 10.6 Å². The lowest BCUT2D eigenvalue weighted by Crippen LogP contribution is -2.34. The van der Waals surface area contributed by atoms with E-state index in [9.17, 15) is 14.0 Å². The van der Waals surface area contributed by atoms with Crippen LogP contribution in [0.25, 0.3) is 6.08 Å². The summed E-state index contributed by atoms with van der Waals surface area (Å²) in [5.41, 5.74) is 3.43. The zero-order valence-corrected chi connectivity index (χ0v) is 20.5. The Hall–Kier alpha value is -4.23. The van der Waals surface area contributed by atoms with Gasteiger partial charge in [-0.05, 0) is 72.0 Å². The van der Waals surface area contributed by atoms with Gasteiger partial charge in [-0.2, -0.15) is 0 Å². The van der Waals surface area contributed by atoms with Gasteiger partial charge in [0.2, 0.25) is 0 Å². The van der Waals surface area contributed by atoms with Crippen LogP contribution in [0.1, 0.15) is 31.9 Å². The van der Waals surface area contributed by atoms with Gasteiger partial charge >= 0.3 is 0 Å². The van der Waals surface area contributed by atoms with Crippen LogP contribution >= 0.6 is 11.3 Å². The first-order chi connectivity index (χ1) is 17.5. The van der Waals surface area contributed by atoms with E-state index in [1.165, 1.54) is 23.5 Å². The highest BCUT2D eigenvalue weighted by atomic mass is 32.1. The first-order valence-electron chi connectivity index (χ1n) is 11.3. The number of hydrogen-bond donors (Lipinski definition) is 2. The Kier molecular flexibility index (Phi) is 8.26. The van der Waals surface area contributed by atoms with Gasteiger partial charge in [0.25, 0.3) is 11.8 Å². The van der Waals surface area contributed by atoms with Crippen LogP contribution in [0.2, 0.25) is 0 Å². The molecule has 0 aliphatic heterocycles. The van der Waals surface area contributed by atoms with Gasteiger partial charge in [0, 0.05) is 17.0 Å². The second-order valence-corrected chi connectivity index (χ2v) is 9.11. The molecule has 0 aliphatic rings. The third-order valence-electron chi connectivity index (χ3n) is 5.33. The van der Waals surface area contributed by atoms with Gasteiger partial charge in [-0.15, -0.1) is 11.3 Å². The highest BCUT2D eigenvalue weighted by molar-refractivity contribution is 7.10. The molecule has 1 heterocycles. The minimum atomic E-state index is -0.388. The van der Waals surface area contributed by atoms with Crippen molar-refractivity contribution in [2.75, 3.05) is 0 Å². The molecule has 3 aromatic carbocycles. The highest BCUT2D eigenvalue weighted by Crippen LogP contribution is 2.16. The molecule has 0 radical (unpaired) electrons. The summed E-state index contributed by atoms with van der Waals surface area (Å²) in [6, 6.07) is 24.4. The number of ether oxygens (including phenoxy) is 1. The van der Waals surface area contributed by atoms with Crippen molar-refractivity contribution in [3.63, 3.8) is 0 Å². The molecule has 0 atom stereocenters. The molecule has 2 N–H and O–H groups in total. The van der Waals surface area contributed by atoms with Crippen molar-refractivity contribution in [1.29, 1.82) is 0 Å². The van der Waals surface area contributed by atoms with E-state index in [-0.39, 0.29) is 29.9 Å². The van der Waals surface area contributed by atoms with Crippen LogP contribution in [0.15, 0.2) is 96.0 Å². The molecule has 0 bridgehead atoms. The Morgan fingerprint density at radius 2 is 1.61 bits per heavy atom. The van der Waals surface area contributed by atoms with Gasteiger partial charge in [-0.1, -0.05) is 48.0 Å². The number of thiophene rings is 1. The standard InChI is InChI=1S/C29H25FN2O3S/c1-20-4-10-23(11-5-20)28(33)32-27(17-26-3-2-16-36-26)29(34)31-18-21-8-14-25(15-9-21)35-19-22-6-12-24(30)13-7-22/h2-17H,18-19H2,1H3,(H,31,34)(H,32,33)/b27-17-. The molecule has 1 aromatic heterocycles. The van der Waals surface area contributed by atoms with E-state index in [0.29, 0.717) is 17.9 Å². The second-order valence-electron chi connectivity index (χ2n) is 8.14. The lowest BCUT2D eigenvalue weighted by atomic mass is 10.1. The smallest absolute Gasteiger partial charge is 0.268 e. The van der Waals surface area contributed by atoms with Crippen molar-refractivity contribution < 1.29 is 18.7 Å². The Bertz CT molecular complexity index is 1330. The van der Waals surface area contributed by atoms with Crippen molar-refractivity contribution in [3.8, 4) is 5.75 Å². The average molecular weight is 501 g/mol. The fraction of sp³-hybridized carbons (Fsp3) is 0.103. The third kappa shape index (κ3) is 7.13. The molecule has 5 nitrogen and oxygen atoms in total. The van der Waals surface area contributed by atoms with E-state index in [4.69, 9.17) is 4.74 Å². The number of amides is 2. The van der Waals surface area contributed by atoms with Crippen LogP contribution in [0.5, 0.6) is 5.75 Å². The molecule has 4 rings (SSSR count). The van der Waals surface area contributed by atoms with E-state index < -0.39 is 0 Å². The molecular weight excluding hydrogens is 475 g/mol.